The van der Waals surface area contributed by atoms with E-state index in [2.05, 4.69) is 49.5 Å². The van der Waals surface area contributed by atoms with E-state index in [1.165, 1.54) is 42.4 Å². The number of furan rings is 1. The van der Waals surface area contributed by atoms with Gasteiger partial charge >= 0.3 is 0 Å². The third kappa shape index (κ3) is 2.96. The van der Waals surface area contributed by atoms with Crippen LogP contribution in [0.15, 0.2) is 34.7 Å². The topological polar surface area (TPSA) is 25.2 Å². The predicted molar refractivity (Wildman–Crippen MR) is 82.8 cm³/mol. The Morgan fingerprint density at radius 3 is 2.65 bits per heavy atom. The van der Waals surface area contributed by atoms with Crippen molar-refractivity contribution >= 4 is 0 Å². The van der Waals surface area contributed by atoms with E-state index in [0.29, 0.717) is 6.04 Å². The highest BCUT2D eigenvalue weighted by atomic mass is 16.3. The standard InChI is InChI=1S/C18H23NO/c1-13(2)19-12-17-9-10-18(20-17)16-8-7-14-5-3-4-6-15(14)11-16/h7-11,13,19H,3-6,12H2,1-2H3. The normalized spacial score (nSPS) is 14.6. The summed E-state index contributed by atoms with van der Waals surface area (Å²) < 4.78 is 5.95. The zero-order valence-electron chi connectivity index (χ0n) is 12.4. The average Bonchev–Trinajstić information content (AvgIpc) is 2.93. The zero-order chi connectivity index (χ0) is 13.9. The Balaban J connectivity index is 1.79. The molecule has 2 aromatic rings. The van der Waals surface area contributed by atoms with Crippen molar-refractivity contribution in [2.45, 2.75) is 52.1 Å². The highest BCUT2D eigenvalue weighted by molar-refractivity contribution is 5.60. The quantitative estimate of drug-likeness (QED) is 0.894. The van der Waals surface area contributed by atoms with Crippen molar-refractivity contribution < 1.29 is 4.42 Å². The van der Waals surface area contributed by atoms with E-state index in [4.69, 9.17) is 4.42 Å². The molecule has 0 saturated carbocycles. The van der Waals surface area contributed by atoms with E-state index in [1.807, 2.05) is 0 Å². The number of rotatable bonds is 4. The Kier molecular flexibility index (Phi) is 3.93. The van der Waals surface area contributed by atoms with E-state index in [-0.39, 0.29) is 0 Å². The van der Waals surface area contributed by atoms with Crippen LogP contribution in [0.4, 0.5) is 0 Å². The van der Waals surface area contributed by atoms with Crippen molar-refractivity contribution in [1.29, 1.82) is 0 Å². The van der Waals surface area contributed by atoms with Crippen LogP contribution in [0.3, 0.4) is 0 Å². The van der Waals surface area contributed by atoms with Gasteiger partial charge in [-0.05, 0) is 55.0 Å². The first-order chi connectivity index (χ1) is 9.72. The van der Waals surface area contributed by atoms with E-state index < -0.39 is 0 Å². The van der Waals surface area contributed by atoms with Crippen molar-refractivity contribution in [2.75, 3.05) is 0 Å². The molecular weight excluding hydrogens is 246 g/mol. The van der Waals surface area contributed by atoms with E-state index in [9.17, 15) is 0 Å². The van der Waals surface area contributed by atoms with Gasteiger partial charge < -0.3 is 9.73 Å². The molecule has 3 rings (SSSR count). The zero-order valence-corrected chi connectivity index (χ0v) is 12.4. The lowest BCUT2D eigenvalue weighted by atomic mass is 9.90. The first-order valence-electron chi connectivity index (χ1n) is 7.66. The van der Waals surface area contributed by atoms with Gasteiger partial charge in [0, 0.05) is 11.6 Å². The molecule has 1 aliphatic rings. The monoisotopic (exact) mass is 269 g/mol. The van der Waals surface area contributed by atoms with Crippen molar-refractivity contribution in [3.8, 4) is 11.3 Å². The van der Waals surface area contributed by atoms with Crippen LogP contribution in [0.2, 0.25) is 0 Å². The van der Waals surface area contributed by atoms with Gasteiger partial charge in [-0.15, -0.1) is 0 Å². The number of nitrogens with one attached hydrogen (secondary N) is 1. The number of hydrogen-bond acceptors (Lipinski definition) is 2. The molecule has 1 aromatic carbocycles. The van der Waals surface area contributed by atoms with Crippen LogP contribution in [0.5, 0.6) is 0 Å². The van der Waals surface area contributed by atoms with Gasteiger partial charge in [0.15, 0.2) is 0 Å². The largest absolute Gasteiger partial charge is 0.460 e. The summed E-state index contributed by atoms with van der Waals surface area (Å²) in [5.41, 5.74) is 4.24. The molecule has 0 atom stereocenters. The smallest absolute Gasteiger partial charge is 0.134 e. The second-order valence-electron chi connectivity index (χ2n) is 5.99. The SMILES string of the molecule is CC(C)NCc1ccc(-c2ccc3c(c2)CCCC3)o1. The van der Waals surface area contributed by atoms with Gasteiger partial charge in [-0.1, -0.05) is 26.0 Å². The highest BCUT2D eigenvalue weighted by Crippen LogP contribution is 2.28. The van der Waals surface area contributed by atoms with Crippen LogP contribution in [-0.4, -0.2) is 6.04 Å². The predicted octanol–water partition coefficient (Wildman–Crippen LogP) is 4.32. The molecular formula is C18H23NO. The van der Waals surface area contributed by atoms with Gasteiger partial charge in [0.2, 0.25) is 0 Å². The summed E-state index contributed by atoms with van der Waals surface area (Å²) in [6.07, 6.45) is 5.10. The summed E-state index contributed by atoms with van der Waals surface area (Å²) in [5.74, 6) is 1.99. The fourth-order valence-corrected chi connectivity index (χ4v) is 2.82. The van der Waals surface area contributed by atoms with Gasteiger partial charge in [-0.3, -0.25) is 0 Å². The van der Waals surface area contributed by atoms with Crippen LogP contribution >= 0.6 is 0 Å². The van der Waals surface area contributed by atoms with Gasteiger partial charge in [0.1, 0.15) is 11.5 Å². The second-order valence-corrected chi connectivity index (χ2v) is 5.99. The lowest BCUT2D eigenvalue weighted by Crippen LogP contribution is -2.21. The first-order valence-corrected chi connectivity index (χ1v) is 7.66. The van der Waals surface area contributed by atoms with Gasteiger partial charge in [-0.2, -0.15) is 0 Å². The number of hydrogen-bond donors (Lipinski definition) is 1. The van der Waals surface area contributed by atoms with Gasteiger partial charge in [-0.25, -0.2) is 0 Å². The minimum atomic E-state index is 0.479. The molecule has 1 aliphatic carbocycles. The Morgan fingerprint density at radius 2 is 1.85 bits per heavy atom. The molecule has 0 radical (unpaired) electrons. The van der Waals surface area contributed by atoms with Crippen LogP contribution in [0.1, 0.15) is 43.6 Å². The first kappa shape index (κ1) is 13.4. The molecule has 20 heavy (non-hydrogen) atoms. The highest BCUT2D eigenvalue weighted by Gasteiger charge is 2.12. The molecule has 1 aromatic heterocycles. The molecule has 1 heterocycles. The third-order valence-electron chi connectivity index (χ3n) is 3.98. The maximum atomic E-state index is 5.95. The minimum absolute atomic E-state index is 0.479. The summed E-state index contributed by atoms with van der Waals surface area (Å²) in [4.78, 5) is 0. The molecule has 0 unspecified atom stereocenters. The number of benzene rings is 1. The molecule has 2 nitrogen and oxygen atoms in total. The van der Waals surface area contributed by atoms with Crippen LogP contribution in [0, 0.1) is 0 Å². The Bertz CT molecular complexity index is 583. The van der Waals surface area contributed by atoms with Crippen LogP contribution in [-0.2, 0) is 19.4 Å². The maximum absolute atomic E-state index is 5.95. The molecule has 2 heteroatoms. The summed E-state index contributed by atoms with van der Waals surface area (Å²) in [6, 6.07) is 11.4. The summed E-state index contributed by atoms with van der Waals surface area (Å²) in [7, 11) is 0. The molecule has 0 amide bonds. The molecule has 1 N–H and O–H groups in total. The van der Waals surface area contributed by atoms with E-state index in [1.54, 1.807) is 0 Å². The Hall–Kier alpha value is -1.54. The Labute approximate surface area is 121 Å². The van der Waals surface area contributed by atoms with Crippen LogP contribution in [0.25, 0.3) is 11.3 Å². The molecule has 0 saturated heterocycles. The van der Waals surface area contributed by atoms with E-state index >= 15 is 0 Å². The van der Waals surface area contributed by atoms with Gasteiger partial charge in [0.05, 0.1) is 6.54 Å². The second kappa shape index (κ2) is 5.84. The average molecular weight is 269 g/mol. The summed E-state index contributed by atoms with van der Waals surface area (Å²) in [6.45, 7) is 5.09. The number of aryl methyl sites for hydroxylation is 2. The van der Waals surface area contributed by atoms with Crippen molar-refractivity contribution in [2.24, 2.45) is 0 Å². The fraction of sp³-hybridized carbons (Fsp3) is 0.444. The molecule has 106 valence electrons. The lowest BCUT2D eigenvalue weighted by Gasteiger charge is -2.16. The van der Waals surface area contributed by atoms with Gasteiger partial charge in [0.25, 0.3) is 0 Å². The minimum Gasteiger partial charge on any atom is -0.460 e. The lowest BCUT2D eigenvalue weighted by molar-refractivity contribution is 0.473. The van der Waals surface area contributed by atoms with E-state index in [0.717, 1.165) is 18.1 Å². The summed E-state index contributed by atoms with van der Waals surface area (Å²) in [5, 5.41) is 3.38. The maximum Gasteiger partial charge on any atom is 0.134 e. The molecule has 0 fully saturated rings. The number of fused-ring (bicyclic) bond motifs is 1. The molecule has 0 spiro atoms. The summed E-state index contributed by atoms with van der Waals surface area (Å²) >= 11 is 0. The van der Waals surface area contributed by atoms with Crippen molar-refractivity contribution in [3.05, 3.63) is 47.2 Å². The fourth-order valence-electron chi connectivity index (χ4n) is 2.82. The molecule has 0 aliphatic heterocycles. The van der Waals surface area contributed by atoms with Crippen molar-refractivity contribution in [1.82, 2.24) is 5.32 Å². The van der Waals surface area contributed by atoms with Crippen molar-refractivity contribution in [3.63, 3.8) is 0 Å². The Morgan fingerprint density at radius 1 is 1.05 bits per heavy atom. The molecule has 0 bridgehead atoms. The third-order valence-corrected chi connectivity index (χ3v) is 3.98. The van der Waals surface area contributed by atoms with Crippen LogP contribution < -0.4 is 5.32 Å².